The predicted molar refractivity (Wildman–Crippen MR) is 101 cm³/mol. The van der Waals surface area contributed by atoms with Crippen LogP contribution in [0.5, 0.6) is 0 Å². The Morgan fingerprint density at radius 3 is 2.76 bits per heavy atom. The normalized spacial score (nSPS) is 26.4. The minimum atomic E-state index is 0.227. The van der Waals surface area contributed by atoms with Gasteiger partial charge in [0.15, 0.2) is 0 Å². The molecule has 1 spiro atoms. The summed E-state index contributed by atoms with van der Waals surface area (Å²) in [7, 11) is 0. The van der Waals surface area contributed by atoms with Gasteiger partial charge in [-0.3, -0.25) is 9.69 Å². The van der Waals surface area contributed by atoms with Crippen molar-refractivity contribution >= 4 is 17.2 Å². The molecule has 1 aliphatic carbocycles. The fourth-order valence-corrected chi connectivity index (χ4v) is 5.19. The quantitative estimate of drug-likeness (QED) is 0.779. The van der Waals surface area contributed by atoms with Gasteiger partial charge in [-0.15, -0.1) is 0 Å². The first kappa shape index (κ1) is 17.5. The smallest absolute Gasteiger partial charge is 0.219 e. The number of ether oxygens (including phenoxy) is 1. The highest BCUT2D eigenvalue weighted by Crippen LogP contribution is 2.45. The first-order valence-corrected chi connectivity index (χ1v) is 10.7. The zero-order valence-electron chi connectivity index (χ0n) is 15.3. The van der Waals surface area contributed by atoms with Crippen LogP contribution in [0.15, 0.2) is 16.8 Å². The van der Waals surface area contributed by atoms with Crippen LogP contribution in [0.1, 0.15) is 38.2 Å². The Bertz CT molecular complexity index is 577. The average molecular weight is 363 g/mol. The first-order chi connectivity index (χ1) is 12.1. The lowest BCUT2D eigenvalue weighted by molar-refractivity contribution is -0.128. The van der Waals surface area contributed by atoms with Gasteiger partial charge < -0.3 is 9.64 Å². The largest absolute Gasteiger partial charge is 0.381 e. The molecule has 0 unspecified atom stereocenters. The van der Waals surface area contributed by atoms with E-state index in [2.05, 4.69) is 26.6 Å². The molecule has 0 radical (unpaired) electrons. The molecule has 5 heteroatoms. The molecule has 1 amide bonds. The minimum Gasteiger partial charge on any atom is -0.381 e. The van der Waals surface area contributed by atoms with Crippen molar-refractivity contribution in [1.29, 1.82) is 0 Å². The molecule has 3 fully saturated rings. The molecule has 0 N–H and O–H groups in total. The van der Waals surface area contributed by atoms with Gasteiger partial charge in [0.2, 0.25) is 5.91 Å². The highest BCUT2D eigenvalue weighted by molar-refractivity contribution is 7.07. The topological polar surface area (TPSA) is 32.8 Å². The van der Waals surface area contributed by atoms with Crippen LogP contribution < -0.4 is 0 Å². The van der Waals surface area contributed by atoms with E-state index < -0.39 is 0 Å². The standard InChI is InChI=1S/C20H30N2O2S/c1-16(23)22-11-19(13-24-12-17-2-3-17)20(15-22)5-7-21(8-6-20)10-18-4-9-25-14-18/h4,9,14,17,19H,2-3,5-8,10-13,15H2,1H3/t19-/m1/s1. The summed E-state index contributed by atoms with van der Waals surface area (Å²) in [4.78, 5) is 16.6. The summed E-state index contributed by atoms with van der Waals surface area (Å²) in [5, 5.41) is 4.42. The summed E-state index contributed by atoms with van der Waals surface area (Å²) >= 11 is 1.78. The van der Waals surface area contributed by atoms with E-state index in [0.29, 0.717) is 5.92 Å². The summed E-state index contributed by atoms with van der Waals surface area (Å²) in [5.41, 5.74) is 1.71. The highest BCUT2D eigenvalue weighted by Gasteiger charge is 2.48. The van der Waals surface area contributed by atoms with Gasteiger partial charge in [0.1, 0.15) is 0 Å². The zero-order valence-corrected chi connectivity index (χ0v) is 16.1. The van der Waals surface area contributed by atoms with Crippen LogP contribution in [0.4, 0.5) is 0 Å². The fourth-order valence-electron chi connectivity index (χ4n) is 4.53. The van der Waals surface area contributed by atoms with Gasteiger partial charge in [-0.1, -0.05) is 0 Å². The molecule has 3 heterocycles. The van der Waals surface area contributed by atoms with E-state index in [1.54, 1.807) is 18.3 Å². The van der Waals surface area contributed by atoms with Gasteiger partial charge in [0, 0.05) is 39.1 Å². The number of hydrogen-bond acceptors (Lipinski definition) is 4. The van der Waals surface area contributed by atoms with Crippen LogP contribution >= 0.6 is 11.3 Å². The van der Waals surface area contributed by atoms with Crippen LogP contribution in [-0.2, 0) is 16.1 Å². The summed E-state index contributed by atoms with van der Waals surface area (Å²) in [6.45, 7) is 8.66. The summed E-state index contributed by atoms with van der Waals surface area (Å²) in [5.74, 6) is 1.55. The first-order valence-electron chi connectivity index (χ1n) is 9.71. The number of rotatable bonds is 6. The molecule has 0 bridgehead atoms. The van der Waals surface area contributed by atoms with E-state index in [9.17, 15) is 4.79 Å². The Morgan fingerprint density at radius 1 is 1.32 bits per heavy atom. The van der Waals surface area contributed by atoms with Gasteiger partial charge in [0.25, 0.3) is 0 Å². The molecule has 138 valence electrons. The zero-order chi connectivity index (χ0) is 17.3. The number of hydrogen-bond donors (Lipinski definition) is 0. The lowest BCUT2D eigenvalue weighted by atomic mass is 9.71. The maximum Gasteiger partial charge on any atom is 0.219 e. The third-order valence-corrected chi connectivity index (χ3v) is 7.20. The molecular weight excluding hydrogens is 332 g/mol. The molecule has 4 rings (SSSR count). The van der Waals surface area contributed by atoms with E-state index >= 15 is 0 Å². The average Bonchev–Trinajstić information content (AvgIpc) is 3.15. The molecule has 1 atom stereocenters. The highest BCUT2D eigenvalue weighted by atomic mass is 32.1. The number of amides is 1. The number of nitrogens with zero attached hydrogens (tertiary/aromatic N) is 2. The SMILES string of the molecule is CC(=O)N1C[C@H](COCC2CC2)C2(CCN(Cc3ccsc3)CC2)C1. The minimum absolute atomic E-state index is 0.227. The monoisotopic (exact) mass is 362 g/mol. The number of piperidine rings is 1. The Kier molecular flexibility index (Phi) is 5.16. The van der Waals surface area contributed by atoms with E-state index in [-0.39, 0.29) is 11.3 Å². The Morgan fingerprint density at radius 2 is 2.12 bits per heavy atom. The van der Waals surface area contributed by atoms with Crippen molar-refractivity contribution in [1.82, 2.24) is 9.80 Å². The summed E-state index contributed by atoms with van der Waals surface area (Å²) in [6.07, 6.45) is 5.07. The van der Waals surface area contributed by atoms with Gasteiger partial charge in [-0.25, -0.2) is 0 Å². The number of carbonyl (C=O) groups is 1. The van der Waals surface area contributed by atoms with Crippen molar-refractivity contribution in [2.75, 3.05) is 39.4 Å². The second-order valence-corrected chi connectivity index (χ2v) is 9.13. The molecule has 1 aromatic heterocycles. The Balaban J connectivity index is 1.36. The van der Waals surface area contributed by atoms with Crippen molar-refractivity contribution in [2.24, 2.45) is 17.3 Å². The van der Waals surface area contributed by atoms with Gasteiger partial charge >= 0.3 is 0 Å². The third kappa shape index (κ3) is 4.09. The number of carbonyl (C=O) groups excluding carboxylic acids is 1. The molecule has 0 aromatic carbocycles. The van der Waals surface area contributed by atoms with Crippen LogP contribution in [0.25, 0.3) is 0 Å². The molecule has 25 heavy (non-hydrogen) atoms. The van der Waals surface area contributed by atoms with Crippen molar-refractivity contribution in [3.63, 3.8) is 0 Å². The van der Waals surface area contributed by atoms with Crippen molar-refractivity contribution in [3.8, 4) is 0 Å². The lowest BCUT2D eigenvalue weighted by Gasteiger charge is -2.42. The van der Waals surface area contributed by atoms with E-state index in [0.717, 1.165) is 51.9 Å². The summed E-state index contributed by atoms with van der Waals surface area (Å²) < 4.78 is 6.06. The Labute approximate surface area is 155 Å². The molecule has 1 saturated carbocycles. The van der Waals surface area contributed by atoms with Gasteiger partial charge in [-0.2, -0.15) is 11.3 Å². The third-order valence-electron chi connectivity index (χ3n) is 6.47. The van der Waals surface area contributed by atoms with Crippen LogP contribution in [-0.4, -0.2) is 55.1 Å². The van der Waals surface area contributed by atoms with E-state index in [1.165, 1.54) is 31.2 Å². The van der Waals surface area contributed by atoms with Crippen LogP contribution in [0, 0.1) is 17.3 Å². The van der Waals surface area contributed by atoms with Crippen LogP contribution in [0.3, 0.4) is 0 Å². The summed E-state index contributed by atoms with van der Waals surface area (Å²) in [6, 6.07) is 2.23. The fraction of sp³-hybridized carbons (Fsp3) is 0.750. The van der Waals surface area contributed by atoms with Crippen molar-refractivity contribution in [2.45, 2.75) is 39.2 Å². The molecule has 2 aliphatic heterocycles. The number of thiophene rings is 1. The molecule has 4 nitrogen and oxygen atoms in total. The molecule has 2 saturated heterocycles. The predicted octanol–water partition coefficient (Wildman–Crippen LogP) is 3.24. The lowest BCUT2D eigenvalue weighted by Crippen LogP contribution is -2.45. The van der Waals surface area contributed by atoms with Gasteiger partial charge in [0.05, 0.1) is 6.61 Å². The molecular formula is C20H30N2O2S. The van der Waals surface area contributed by atoms with Crippen LogP contribution in [0.2, 0.25) is 0 Å². The van der Waals surface area contributed by atoms with E-state index in [1.807, 2.05) is 0 Å². The van der Waals surface area contributed by atoms with Gasteiger partial charge in [-0.05, 0) is 72.5 Å². The number of likely N-dealkylation sites (tertiary alicyclic amines) is 2. The Hall–Kier alpha value is -0.910. The maximum atomic E-state index is 12.0. The van der Waals surface area contributed by atoms with Crippen molar-refractivity contribution in [3.05, 3.63) is 22.4 Å². The second kappa shape index (κ2) is 7.37. The second-order valence-electron chi connectivity index (χ2n) is 8.35. The molecule has 1 aromatic rings. The van der Waals surface area contributed by atoms with Crippen molar-refractivity contribution < 1.29 is 9.53 Å². The van der Waals surface area contributed by atoms with E-state index in [4.69, 9.17) is 4.74 Å². The molecule has 3 aliphatic rings. The maximum absolute atomic E-state index is 12.0.